The van der Waals surface area contributed by atoms with E-state index in [9.17, 15) is 0 Å². The van der Waals surface area contributed by atoms with Gasteiger partial charge in [-0.15, -0.1) is 0 Å². The quantitative estimate of drug-likeness (QED) is 0.168. The maximum Gasteiger partial charge on any atom is -0.00990 e. The fourth-order valence-corrected chi connectivity index (χ4v) is 6.99. The molecule has 8 rings (SSSR count). The topological polar surface area (TPSA) is 0 Å². The van der Waals surface area contributed by atoms with Crippen LogP contribution >= 0.6 is 0 Å². The second kappa shape index (κ2) is 13.2. The van der Waals surface area contributed by atoms with Gasteiger partial charge in [-0.3, -0.25) is 0 Å². The van der Waals surface area contributed by atoms with E-state index in [0.717, 1.165) is 0 Å². The highest BCUT2D eigenvalue weighted by Gasteiger charge is 2.19. The maximum atomic E-state index is 2.27. The Kier molecular flexibility index (Phi) is 8.05. The second-order valence-electron chi connectivity index (χ2n) is 12.0. The van der Waals surface area contributed by atoms with E-state index in [1.165, 1.54) is 77.9 Å². The zero-order valence-corrected chi connectivity index (χ0v) is 26.6. The summed E-state index contributed by atoms with van der Waals surface area (Å²) >= 11 is 0. The molecule has 0 aliphatic heterocycles. The highest BCUT2D eigenvalue weighted by atomic mass is 14.2. The lowest BCUT2D eigenvalue weighted by Crippen LogP contribution is -1.94. The van der Waals surface area contributed by atoms with E-state index < -0.39 is 0 Å². The minimum Gasteiger partial charge on any atom is -0.0622 e. The predicted octanol–water partition coefficient (Wildman–Crippen LogP) is 13.4. The average Bonchev–Trinajstić information content (AvgIpc) is 3.18. The van der Waals surface area contributed by atoms with Crippen molar-refractivity contribution in [1.82, 2.24) is 0 Å². The maximum absolute atomic E-state index is 2.27. The summed E-state index contributed by atoms with van der Waals surface area (Å²) in [4.78, 5) is 0. The van der Waals surface area contributed by atoms with Gasteiger partial charge in [0.2, 0.25) is 0 Å². The van der Waals surface area contributed by atoms with E-state index in [-0.39, 0.29) is 0 Å². The molecule has 0 heteroatoms. The molecule has 0 spiro atoms. The molecule has 0 radical (unpaired) electrons. The summed E-state index contributed by atoms with van der Waals surface area (Å²) in [5.41, 5.74) is 17.1. The van der Waals surface area contributed by atoms with E-state index in [2.05, 4.69) is 206 Å². The number of rotatable bonds is 7. The van der Waals surface area contributed by atoms with E-state index in [1.54, 1.807) is 0 Å². The lowest BCUT2D eigenvalue weighted by atomic mass is 9.83. The second-order valence-corrected chi connectivity index (χ2v) is 12.0. The van der Waals surface area contributed by atoms with Crippen LogP contribution in [-0.4, -0.2) is 0 Å². The smallest absolute Gasteiger partial charge is 0.00990 e. The van der Waals surface area contributed by atoms with Crippen LogP contribution in [0.15, 0.2) is 206 Å². The molecule has 0 fully saturated rings. The number of benzene rings is 8. The predicted molar refractivity (Wildman–Crippen MR) is 204 cm³/mol. The number of hydrogen-bond donors (Lipinski definition) is 0. The normalized spacial score (nSPS) is 10.9. The average molecular weight is 611 g/mol. The molecular weight excluding hydrogens is 577 g/mol. The van der Waals surface area contributed by atoms with E-state index in [1.807, 2.05) is 0 Å². The van der Waals surface area contributed by atoms with Crippen LogP contribution in [0.4, 0.5) is 0 Å². The molecule has 226 valence electrons. The molecule has 0 unspecified atom stereocenters. The van der Waals surface area contributed by atoms with Crippen molar-refractivity contribution < 1.29 is 0 Å². The summed E-state index contributed by atoms with van der Waals surface area (Å²) < 4.78 is 0. The standard InChI is InChI=1S/C48H34/c1-3-19-35(20-4-1)37-23-7-9-25-39(37)41-27-11-13-29-43(41)45-31-15-17-33-47(45)48-34-18-16-32-46(48)44-30-14-12-28-42(44)40-26-10-8-24-38(40)36-21-5-2-6-22-36/h1-34H. The zero-order chi connectivity index (χ0) is 32.1. The molecule has 0 saturated carbocycles. The first-order valence-corrected chi connectivity index (χ1v) is 16.5. The van der Waals surface area contributed by atoms with Crippen LogP contribution in [0.1, 0.15) is 0 Å². The lowest BCUT2D eigenvalue weighted by molar-refractivity contribution is 1.53. The Labute approximate surface area is 283 Å². The van der Waals surface area contributed by atoms with Gasteiger partial charge in [0, 0.05) is 0 Å². The van der Waals surface area contributed by atoms with Gasteiger partial charge < -0.3 is 0 Å². The minimum atomic E-state index is 1.21. The van der Waals surface area contributed by atoms with Gasteiger partial charge in [-0.05, 0) is 77.9 Å². The molecule has 0 aliphatic rings. The van der Waals surface area contributed by atoms with Crippen LogP contribution in [0, 0.1) is 0 Å². The first-order valence-electron chi connectivity index (χ1n) is 16.5. The first-order chi connectivity index (χ1) is 23.9. The van der Waals surface area contributed by atoms with E-state index >= 15 is 0 Å². The third kappa shape index (κ3) is 5.55. The van der Waals surface area contributed by atoms with Gasteiger partial charge in [-0.1, -0.05) is 206 Å². The molecule has 0 amide bonds. The summed E-state index contributed by atoms with van der Waals surface area (Å²) in [5.74, 6) is 0. The Balaban J connectivity index is 1.31. The van der Waals surface area contributed by atoms with Gasteiger partial charge in [0.05, 0.1) is 0 Å². The van der Waals surface area contributed by atoms with Gasteiger partial charge in [0.25, 0.3) is 0 Å². The van der Waals surface area contributed by atoms with Crippen molar-refractivity contribution in [2.45, 2.75) is 0 Å². The molecule has 0 bridgehead atoms. The molecular formula is C48H34. The van der Waals surface area contributed by atoms with Gasteiger partial charge in [-0.25, -0.2) is 0 Å². The molecule has 0 nitrogen and oxygen atoms in total. The minimum absolute atomic E-state index is 1.21. The van der Waals surface area contributed by atoms with Crippen molar-refractivity contribution in [3.8, 4) is 77.9 Å². The Morgan fingerprint density at radius 1 is 0.125 bits per heavy atom. The highest BCUT2D eigenvalue weighted by Crippen LogP contribution is 2.45. The highest BCUT2D eigenvalue weighted by molar-refractivity contribution is 6.01. The van der Waals surface area contributed by atoms with Gasteiger partial charge in [0.1, 0.15) is 0 Å². The summed E-state index contributed by atoms with van der Waals surface area (Å²) in [5, 5.41) is 0. The van der Waals surface area contributed by atoms with Crippen LogP contribution in [0.3, 0.4) is 0 Å². The molecule has 0 aromatic heterocycles. The van der Waals surface area contributed by atoms with Gasteiger partial charge in [0.15, 0.2) is 0 Å². The van der Waals surface area contributed by atoms with Crippen molar-refractivity contribution in [2.75, 3.05) is 0 Å². The van der Waals surface area contributed by atoms with E-state index in [0.29, 0.717) is 0 Å². The Bertz CT molecular complexity index is 2160. The molecule has 0 atom stereocenters. The fourth-order valence-electron chi connectivity index (χ4n) is 6.99. The molecule has 0 N–H and O–H groups in total. The van der Waals surface area contributed by atoms with Crippen LogP contribution in [-0.2, 0) is 0 Å². The number of hydrogen-bond acceptors (Lipinski definition) is 0. The largest absolute Gasteiger partial charge is 0.0622 e. The third-order valence-electron chi connectivity index (χ3n) is 9.18. The van der Waals surface area contributed by atoms with Gasteiger partial charge >= 0.3 is 0 Å². The van der Waals surface area contributed by atoms with Gasteiger partial charge in [-0.2, -0.15) is 0 Å². The molecule has 0 saturated heterocycles. The van der Waals surface area contributed by atoms with Crippen molar-refractivity contribution in [3.05, 3.63) is 206 Å². The lowest BCUT2D eigenvalue weighted by Gasteiger charge is -2.20. The molecule has 0 heterocycles. The molecule has 8 aromatic rings. The molecule has 0 aliphatic carbocycles. The van der Waals surface area contributed by atoms with Crippen LogP contribution in [0.5, 0.6) is 0 Å². The molecule has 8 aromatic carbocycles. The van der Waals surface area contributed by atoms with E-state index in [4.69, 9.17) is 0 Å². The first kappa shape index (κ1) is 29.2. The molecule has 48 heavy (non-hydrogen) atoms. The van der Waals surface area contributed by atoms with Crippen LogP contribution in [0.2, 0.25) is 0 Å². The van der Waals surface area contributed by atoms with Crippen molar-refractivity contribution in [1.29, 1.82) is 0 Å². The van der Waals surface area contributed by atoms with Crippen molar-refractivity contribution in [3.63, 3.8) is 0 Å². The zero-order valence-electron chi connectivity index (χ0n) is 26.6. The summed E-state index contributed by atoms with van der Waals surface area (Å²) in [6.45, 7) is 0. The third-order valence-corrected chi connectivity index (χ3v) is 9.18. The van der Waals surface area contributed by atoms with Crippen LogP contribution in [0.25, 0.3) is 77.9 Å². The van der Waals surface area contributed by atoms with Crippen LogP contribution < -0.4 is 0 Å². The monoisotopic (exact) mass is 610 g/mol. The Morgan fingerprint density at radius 3 is 0.479 bits per heavy atom. The fraction of sp³-hybridized carbons (Fsp3) is 0. The Morgan fingerprint density at radius 2 is 0.271 bits per heavy atom. The summed E-state index contributed by atoms with van der Waals surface area (Å²) in [6, 6.07) is 74.3. The summed E-state index contributed by atoms with van der Waals surface area (Å²) in [6.07, 6.45) is 0. The summed E-state index contributed by atoms with van der Waals surface area (Å²) in [7, 11) is 0. The SMILES string of the molecule is c1ccc(-c2ccccc2-c2ccccc2-c2ccccc2-c2ccccc2-c2ccccc2-c2ccccc2-c2ccccc2)cc1. The van der Waals surface area contributed by atoms with Crippen molar-refractivity contribution >= 4 is 0 Å². The Hall–Kier alpha value is -6.24. The van der Waals surface area contributed by atoms with Crippen molar-refractivity contribution in [2.24, 2.45) is 0 Å².